The molecule has 15 heavy (non-hydrogen) atoms. The van der Waals surface area contributed by atoms with E-state index in [4.69, 9.17) is 0 Å². The zero-order valence-electron chi connectivity index (χ0n) is 10.1. The first kappa shape index (κ1) is 13.9. The molecular formula is C11H22N2O2. The van der Waals surface area contributed by atoms with E-state index in [9.17, 15) is 9.59 Å². The van der Waals surface area contributed by atoms with E-state index in [-0.39, 0.29) is 17.9 Å². The van der Waals surface area contributed by atoms with Gasteiger partial charge in [-0.3, -0.25) is 9.59 Å². The molecule has 1 atom stereocenters. The third-order valence-electron chi connectivity index (χ3n) is 2.37. The van der Waals surface area contributed by atoms with E-state index in [0.717, 1.165) is 12.8 Å². The molecule has 0 saturated heterocycles. The average molecular weight is 214 g/mol. The van der Waals surface area contributed by atoms with Crippen LogP contribution < -0.4 is 5.32 Å². The summed E-state index contributed by atoms with van der Waals surface area (Å²) in [6, 6.07) is 0.0602. The van der Waals surface area contributed by atoms with E-state index in [1.807, 2.05) is 27.7 Å². The summed E-state index contributed by atoms with van der Waals surface area (Å²) >= 11 is 0. The van der Waals surface area contributed by atoms with Crippen molar-refractivity contribution in [3.8, 4) is 0 Å². The summed E-state index contributed by atoms with van der Waals surface area (Å²) in [4.78, 5) is 23.7. The number of nitrogens with zero attached hydrogens (tertiary/aromatic N) is 1. The van der Waals surface area contributed by atoms with E-state index in [1.54, 1.807) is 4.90 Å². The van der Waals surface area contributed by atoms with E-state index >= 15 is 0 Å². The highest BCUT2D eigenvalue weighted by Gasteiger charge is 2.14. The lowest BCUT2D eigenvalue weighted by atomic mass is 10.1. The van der Waals surface area contributed by atoms with Crippen molar-refractivity contribution in [2.24, 2.45) is 5.92 Å². The smallest absolute Gasteiger partial charge is 0.222 e. The Morgan fingerprint density at radius 1 is 1.40 bits per heavy atom. The minimum Gasteiger partial charge on any atom is -0.351 e. The van der Waals surface area contributed by atoms with Crippen LogP contribution in [-0.4, -0.2) is 36.3 Å². The van der Waals surface area contributed by atoms with E-state index in [2.05, 4.69) is 5.32 Å². The molecule has 88 valence electrons. The van der Waals surface area contributed by atoms with E-state index in [1.165, 1.54) is 0 Å². The SMILES string of the molecule is CCC(CN(C=O)CC)NC(=O)C(C)C. The summed E-state index contributed by atoms with van der Waals surface area (Å²) in [5.41, 5.74) is 0. The zero-order chi connectivity index (χ0) is 11.8. The molecule has 4 heteroatoms. The molecule has 1 N–H and O–H groups in total. The molecule has 4 nitrogen and oxygen atoms in total. The standard InChI is InChI=1S/C11H22N2O2/c1-5-10(7-13(6-2)8-14)12-11(15)9(3)4/h8-10H,5-7H2,1-4H3,(H,12,15). The number of likely N-dealkylation sites (N-methyl/N-ethyl adjacent to an activating group) is 1. The molecule has 0 aliphatic heterocycles. The number of nitrogens with one attached hydrogen (secondary N) is 1. The van der Waals surface area contributed by atoms with Gasteiger partial charge in [-0.05, 0) is 13.3 Å². The van der Waals surface area contributed by atoms with Crippen LogP contribution in [0.15, 0.2) is 0 Å². The molecule has 0 aromatic rings. The van der Waals surface area contributed by atoms with Gasteiger partial charge >= 0.3 is 0 Å². The summed E-state index contributed by atoms with van der Waals surface area (Å²) in [7, 11) is 0. The van der Waals surface area contributed by atoms with Gasteiger partial charge in [-0.2, -0.15) is 0 Å². The Morgan fingerprint density at radius 3 is 2.33 bits per heavy atom. The van der Waals surface area contributed by atoms with Crippen molar-refractivity contribution in [3.63, 3.8) is 0 Å². The Bertz CT molecular complexity index is 205. The van der Waals surface area contributed by atoms with Gasteiger partial charge in [0.15, 0.2) is 0 Å². The number of carbonyl (C=O) groups is 2. The van der Waals surface area contributed by atoms with Crippen LogP contribution in [-0.2, 0) is 9.59 Å². The highest BCUT2D eigenvalue weighted by molar-refractivity contribution is 5.78. The number of rotatable bonds is 7. The second-order valence-corrected chi connectivity index (χ2v) is 3.96. The lowest BCUT2D eigenvalue weighted by molar-refractivity contribution is -0.125. The molecule has 0 bridgehead atoms. The van der Waals surface area contributed by atoms with Gasteiger partial charge in [-0.15, -0.1) is 0 Å². The molecule has 0 rings (SSSR count). The van der Waals surface area contributed by atoms with Crippen molar-refractivity contribution in [1.82, 2.24) is 10.2 Å². The topological polar surface area (TPSA) is 49.4 Å². The summed E-state index contributed by atoms with van der Waals surface area (Å²) in [5, 5.41) is 2.93. The third-order valence-corrected chi connectivity index (χ3v) is 2.37. The van der Waals surface area contributed by atoms with Crippen LogP contribution >= 0.6 is 0 Å². The molecule has 0 spiro atoms. The van der Waals surface area contributed by atoms with Gasteiger partial charge in [0.2, 0.25) is 12.3 Å². The van der Waals surface area contributed by atoms with Gasteiger partial charge in [0.1, 0.15) is 0 Å². The zero-order valence-corrected chi connectivity index (χ0v) is 10.1. The van der Waals surface area contributed by atoms with Gasteiger partial charge in [-0.1, -0.05) is 20.8 Å². The number of hydrogen-bond donors (Lipinski definition) is 1. The quantitative estimate of drug-likeness (QED) is 0.643. The van der Waals surface area contributed by atoms with Crippen molar-refractivity contribution >= 4 is 12.3 Å². The van der Waals surface area contributed by atoms with Gasteiger partial charge in [0, 0.05) is 25.0 Å². The van der Waals surface area contributed by atoms with Crippen LogP contribution in [0.2, 0.25) is 0 Å². The second-order valence-electron chi connectivity index (χ2n) is 3.96. The number of carbonyl (C=O) groups excluding carboxylic acids is 2. The third kappa shape index (κ3) is 5.40. The molecule has 0 fully saturated rings. The van der Waals surface area contributed by atoms with Crippen molar-refractivity contribution in [2.45, 2.75) is 40.2 Å². The van der Waals surface area contributed by atoms with Gasteiger partial charge in [0.25, 0.3) is 0 Å². The predicted molar refractivity (Wildman–Crippen MR) is 60.4 cm³/mol. The number of hydrogen-bond acceptors (Lipinski definition) is 2. The van der Waals surface area contributed by atoms with Gasteiger partial charge in [-0.25, -0.2) is 0 Å². The van der Waals surface area contributed by atoms with Gasteiger partial charge in [0.05, 0.1) is 0 Å². The first-order valence-electron chi connectivity index (χ1n) is 5.54. The number of amides is 2. The second kappa shape index (κ2) is 7.26. The summed E-state index contributed by atoms with van der Waals surface area (Å²) in [6.45, 7) is 8.92. The Labute approximate surface area is 92.0 Å². The first-order chi connectivity index (χ1) is 7.04. The van der Waals surface area contributed by atoms with E-state index < -0.39 is 0 Å². The fourth-order valence-electron chi connectivity index (χ4n) is 1.17. The monoisotopic (exact) mass is 214 g/mol. The van der Waals surface area contributed by atoms with Crippen LogP contribution in [0.1, 0.15) is 34.1 Å². The van der Waals surface area contributed by atoms with Crippen molar-refractivity contribution in [3.05, 3.63) is 0 Å². The minimum absolute atomic E-state index is 0.00893. The molecule has 0 heterocycles. The lowest BCUT2D eigenvalue weighted by Crippen LogP contribution is -2.44. The average Bonchev–Trinajstić information content (AvgIpc) is 2.23. The van der Waals surface area contributed by atoms with E-state index in [0.29, 0.717) is 13.1 Å². The van der Waals surface area contributed by atoms with Crippen LogP contribution in [0, 0.1) is 5.92 Å². The molecular weight excluding hydrogens is 192 g/mol. The molecule has 1 unspecified atom stereocenters. The molecule has 0 radical (unpaired) electrons. The van der Waals surface area contributed by atoms with Crippen LogP contribution in [0.5, 0.6) is 0 Å². The lowest BCUT2D eigenvalue weighted by Gasteiger charge is -2.24. The highest BCUT2D eigenvalue weighted by Crippen LogP contribution is 1.98. The van der Waals surface area contributed by atoms with Crippen molar-refractivity contribution < 1.29 is 9.59 Å². The van der Waals surface area contributed by atoms with Gasteiger partial charge < -0.3 is 10.2 Å². The maximum absolute atomic E-state index is 11.5. The normalized spacial score (nSPS) is 12.3. The Hall–Kier alpha value is -1.06. The predicted octanol–water partition coefficient (Wildman–Crippen LogP) is 1.02. The largest absolute Gasteiger partial charge is 0.351 e. The Kier molecular flexibility index (Phi) is 6.75. The molecule has 0 aliphatic carbocycles. The fourth-order valence-corrected chi connectivity index (χ4v) is 1.17. The molecule has 0 aromatic heterocycles. The highest BCUT2D eigenvalue weighted by atomic mass is 16.2. The first-order valence-corrected chi connectivity index (χ1v) is 5.54. The maximum Gasteiger partial charge on any atom is 0.222 e. The molecule has 0 aromatic carbocycles. The summed E-state index contributed by atoms with van der Waals surface area (Å²) in [6.07, 6.45) is 1.66. The molecule has 0 saturated carbocycles. The van der Waals surface area contributed by atoms with Crippen LogP contribution in [0.4, 0.5) is 0 Å². The summed E-state index contributed by atoms with van der Waals surface area (Å²) in [5.74, 6) is 0.0363. The minimum atomic E-state index is -0.00893. The van der Waals surface area contributed by atoms with Crippen LogP contribution in [0.3, 0.4) is 0 Å². The fraction of sp³-hybridized carbons (Fsp3) is 0.818. The van der Waals surface area contributed by atoms with Crippen molar-refractivity contribution in [1.29, 1.82) is 0 Å². The van der Waals surface area contributed by atoms with Crippen LogP contribution in [0.25, 0.3) is 0 Å². The Morgan fingerprint density at radius 2 is 2.00 bits per heavy atom. The summed E-state index contributed by atoms with van der Waals surface area (Å²) < 4.78 is 0. The van der Waals surface area contributed by atoms with Crippen molar-refractivity contribution in [2.75, 3.05) is 13.1 Å². The Balaban J connectivity index is 4.13. The maximum atomic E-state index is 11.5. The molecule has 2 amide bonds. The molecule has 0 aliphatic rings.